The van der Waals surface area contributed by atoms with E-state index in [0.29, 0.717) is 0 Å². The molecule has 14 heavy (non-hydrogen) atoms. The average Bonchev–Trinajstić information content (AvgIpc) is 2.01. The number of aliphatic hydroxyl groups is 1. The van der Waals surface area contributed by atoms with Crippen LogP contribution in [0.15, 0.2) is 18.2 Å². The van der Waals surface area contributed by atoms with Crippen molar-refractivity contribution in [2.45, 2.75) is 19.6 Å². The molecule has 2 nitrogen and oxygen atoms in total. The Hall–Kier alpha value is -1.23. The molecular formula is C9H9F3O2. The molecule has 1 N–H and O–H groups in total. The van der Waals surface area contributed by atoms with E-state index in [4.69, 9.17) is 5.11 Å². The molecule has 0 aromatic heterocycles. The predicted octanol–water partition coefficient (Wildman–Crippen LogP) is 2.48. The number of rotatable bonds is 3. The second-order valence-corrected chi connectivity index (χ2v) is 2.74. The SMILES string of the molecule is C[C@@H](O)c1ccc(OC(F)F)cc1F. The van der Waals surface area contributed by atoms with E-state index in [1.165, 1.54) is 19.1 Å². The van der Waals surface area contributed by atoms with Crippen LogP contribution in [-0.4, -0.2) is 11.7 Å². The Morgan fingerprint density at radius 3 is 2.43 bits per heavy atom. The van der Waals surface area contributed by atoms with Gasteiger partial charge in [-0.15, -0.1) is 0 Å². The summed E-state index contributed by atoms with van der Waals surface area (Å²) < 4.78 is 40.5. The molecule has 0 heterocycles. The Kier molecular flexibility index (Phi) is 3.35. The van der Waals surface area contributed by atoms with Gasteiger partial charge in [-0.1, -0.05) is 0 Å². The van der Waals surface area contributed by atoms with E-state index < -0.39 is 18.5 Å². The average molecular weight is 206 g/mol. The molecule has 0 aliphatic heterocycles. The van der Waals surface area contributed by atoms with Gasteiger partial charge < -0.3 is 9.84 Å². The van der Waals surface area contributed by atoms with Gasteiger partial charge in [0.25, 0.3) is 0 Å². The van der Waals surface area contributed by atoms with Gasteiger partial charge in [-0.25, -0.2) is 4.39 Å². The summed E-state index contributed by atoms with van der Waals surface area (Å²) in [4.78, 5) is 0. The molecule has 1 rings (SSSR count). The number of hydrogen-bond acceptors (Lipinski definition) is 2. The van der Waals surface area contributed by atoms with Gasteiger partial charge in [0.1, 0.15) is 11.6 Å². The quantitative estimate of drug-likeness (QED) is 0.823. The Morgan fingerprint density at radius 1 is 1.36 bits per heavy atom. The predicted molar refractivity (Wildman–Crippen MR) is 43.7 cm³/mol. The number of alkyl halides is 2. The third kappa shape index (κ3) is 2.63. The summed E-state index contributed by atoms with van der Waals surface area (Å²) in [5.74, 6) is -1.03. The van der Waals surface area contributed by atoms with Crippen molar-refractivity contribution in [3.05, 3.63) is 29.6 Å². The maximum absolute atomic E-state index is 13.1. The van der Waals surface area contributed by atoms with Gasteiger partial charge >= 0.3 is 6.61 Å². The molecule has 0 bridgehead atoms. The van der Waals surface area contributed by atoms with Crippen LogP contribution in [0.2, 0.25) is 0 Å². The van der Waals surface area contributed by atoms with Crippen molar-refractivity contribution in [3.8, 4) is 5.75 Å². The lowest BCUT2D eigenvalue weighted by Crippen LogP contribution is -2.03. The molecule has 5 heteroatoms. The molecule has 1 aromatic carbocycles. The van der Waals surface area contributed by atoms with Crippen molar-refractivity contribution >= 4 is 0 Å². The smallest absolute Gasteiger partial charge is 0.387 e. The number of aliphatic hydroxyl groups excluding tert-OH is 1. The zero-order valence-electron chi connectivity index (χ0n) is 7.38. The maximum Gasteiger partial charge on any atom is 0.387 e. The molecule has 1 atom stereocenters. The van der Waals surface area contributed by atoms with Crippen LogP contribution in [0.25, 0.3) is 0 Å². The highest BCUT2D eigenvalue weighted by Gasteiger charge is 2.11. The largest absolute Gasteiger partial charge is 0.435 e. The van der Waals surface area contributed by atoms with Crippen LogP contribution in [0.1, 0.15) is 18.6 Å². The van der Waals surface area contributed by atoms with Crippen LogP contribution in [0.5, 0.6) is 5.75 Å². The zero-order valence-corrected chi connectivity index (χ0v) is 7.38. The standard InChI is InChI=1S/C9H9F3O2/c1-5(13)7-3-2-6(4-8(7)10)14-9(11)12/h2-5,9,13H,1H3/t5-/m1/s1. The van der Waals surface area contributed by atoms with Gasteiger partial charge in [-0.05, 0) is 19.1 Å². The molecule has 0 fully saturated rings. The van der Waals surface area contributed by atoms with Crippen molar-refractivity contribution < 1.29 is 23.0 Å². The van der Waals surface area contributed by atoms with Gasteiger partial charge in [-0.3, -0.25) is 0 Å². The van der Waals surface area contributed by atoms with E-state index in [2.05, 4.69) is 4.74 Å². The van der Waals surface area contributed by atoms with E-state index in [9.17, 15) is 13.2 Å². The van der Waals surface area contributed by atoms with Crippen molar-refractivity contribution in [2.75, 3.05) is 0 Å². The van der Waals surface area contributed by atoms with Crippen LogP contribution in [0.3, 0.4) is 0 Å². The summed E-state index contributed by atoms with van der Waals surface area (Å²) in [6, 6.07) is 3.20. The molecule has 0 unspecified atom stereocenters. The molecular weight excluding hydrogens is 197 g/mol. The monoisotopic (exact) mass is 206 g/mol. The van der Waals surface area contributed by atoms with Crippen molar-refractivity contribution in [1.29, 1.82) is 0 Å². The number of ether oxygens (including phenoxy) is 1. The Morgan fingerprint density at radius 2 is 2.00 bits per heavy atom. The minimum Gasteiger partial charge on any atom is -0.435 e. The second-order valence-electron chi connectivity index (χ2n) is 2.74. The summed E-state index contributed by atoms with van der Waals surface area (Å²) in [6.07, 6.45) is -0.976. The van der Waals surface area contributed by atoms with Gasteiger partial charge in [0.05, 0.1) is 6.10 Å². The second kappa shape index (κ2) is 4.32. The van der Waals surface area contributed by atoms with Gasteiger partial charge in [0, 0.05) is 11.6 Å². The summed E-state index contributed by atoms with van der Waals surface area (Å²) in [7, 11) is 0. The zero-order chi connectivity index (χ0) is 10.7. The van der Waals surface area contributed by atoms with E-state index in [1.54, 1.807) is 0 Å². The van der Waals surface area contributed by atoms with E-state index in [1.807, 2.05) is 0 Å². The minimum atomic E-state index is -2.98. The Bertz CT molecular complexity index is 313. The first kappa shape index (κ1) is 10.8. The van der Waals surface area contributed by atoms with Crippen LogP contribution in [0, 0.1) is 5.82 Å². The molecule has 1 aromatic rings. The molecule has 78 valence electrons. The molecule has 0 aliphatic rings. The first-order valence-electron chi connectivity index (χ1n) is 3.93. The molecule has 0 saturated heterocycles. The highest BCUT2D eigenvalue weighted by Crippen LogP contribution is 2.22. The lowest BCUT2D eigenvalue weighted by molar-refractivity contribution is -0.0500. The van der Waals surface area contributed by atoms with Gasteiger partial charge in [-0.2, -0.15) is 8.78 Å². The molecule has 0 radical (unpaired) electrons. The molecule has 0 amide bonds. The third-order valence-corrected chi connectivity index (χ3v) is 1.65. The van der Waals surface area contributed by atoms with Crippen LogP contribution in [0.4, 0.5) is 13.2 Å². The lowest BCUT2D eigenvalue weighted by Gasteiger charge is -2.08. The topological polar surface area (TPSA) is 29.5 Å². The molecule has 0 spiro atoms. The molecule has 0 saturated carbocycles. The van der Waals surface area contributed by atoms with E-state index in [-0.39, 0.29) is 11.3 Å². The highest BCUT2D eigenvalue weighted by atomic mass is 19.3. The Labute approximate surface area is 78.9 Å². The first-order valence-corrected chi connectivity index (χ1v) is 3.93. The normalized spacial score (nSPS) is 13.0. The molecule has 0 aliphatic carbocycles. The summed E-state index contributed by atoms with van der Waals surface area (Å²) in [5, 5.41) is 9.05. The van der Waals surface area contributed by atoms with Crippen LogP contribution < -0.4 is 4.74 Å². The van der Waals surface area contributed by atoms with Gasteiger partial charge in [0.15, 0.2) is 0 Å². The fourth-order valence-electron chi connectivity index (χ4n) is 1.02. The van der Waals surface area contributed by atoms with Crippen molar-refractivity contribution in [3.63, 3.8) is 0 Å². The van der Waals surface area contributed by atoms with E-state index in [0.717, 1.165) is 6.07 Å². The number of hydrogen-bond donors (Lipinski definition) is 1. The summed E-state index contributed by atoms with van der Waals surface area (Å²) in [5.41, 5.74) is 0.0478. The fraction of sp³-hybridized carbons (Fsp3) is 0.333. The maximum atomic E-state index is 13.1. The van der Waals surface area contributed by atoms with Crippen molar-refractivity contribution in [2.24, 2.45) is 0 Å². The first-order chi connectivity index (χ1) is 6.50. The highest BCUT2D eigenvalue weighted by molar-refractivity contribution is 5.29. The van der Waals surface area contributed by atoms with Crippen molar-refractivity contribution in [1.82, 2.24) is 0 Å². The Balaban J connectivity index is 2.89. The van der Waals surface area contributed by atoms with Gasteiger partial charge in [0.2, 0.25) is 0 Å². The third-order valence-electron chi connectivity index (χ3n) is 1.65. The lowest BCUT2D eigenvalue weighted by atomic mass is 10.1. The number of benzene rings is 1. The number of halogens is 3. The summed E-state index contributed by atoms with van der Waals surface area (Å²) >= 11 is 0. The van der Waals surface area contributed by atoms with Crippen LogP contribution in [-0.2, 0) is 0 Å². The minimum absolute atomic E-state index is 0.0478. The fourth-order valence-corrected chi connectivity index (χ4v) is 1.02. The summed E-state index contributed by atoms with van der Waals surface area (Å²) in [6.45, 7) is -1.60. The van der Waals surface area contributed by atoms with Crippen LogP contribution >= 0.6 is 0 Å². The van der Waals surface area contributed by atoms with E-state index >= 15 is 0 Å².